The molecular formula is C11H7ClF6N2O2. The molecule has 4 nitrogen and oxygen atoms in total. The van der Waals surface area contributed by atoms with E-state index < -0.39 is 47.0 Å². The number of hydrogen-bond donors (Lipinski definition) is 2. The second-order valence-electron chi connectivity index (χ2n) is 3.89. The average molecular weight is 349 g/mol. The molecule has 0 saturated heterocycles. The van der Waals surface area contributed by atoms with Gasteiger partial charge < -0.3 is 5.32 Å². The predicted molar refractivity (Wildman–Crippen MR) is 64.3 cm³/mol. The molecule has 3 amide bonds. The lowest BCUT2D eigenvalue weighted by Crippen LogP contribution is -2.35. The van der Waals surface area contributed by atoms with Crippen LogP contribution in [0.3, 0.4) is 0 Å². The highest BCUT2D eigenvalue weighted by atomic mass is 35.5. The molecule has 0 aromatic heterocycles. The molecule has 0 saturated carbocycles. The minimum absolute atomic E-state index is 0.140. The zero-order chi connectivity index (χ0) is 17.1. The summed E-state index contributed by atoms with van der Waals surface area (Å²) in [4.78, 5) is 22.1. The maximum absolute atomic E-state index is 12.8. The Morgan fingerprint density at radius 3 is 2.09 bits per heavy atom. The van der Waals surface area contributed by atoms with Crippen LogP contribution in [-0.2, 0) is 17.1 Å². The minimum atomic E-state index is -5.14. The fourth-order valence-corrected chi connectivity index (χ4v) is 1.44. The van der Waals surface area contributed by atoms with Crippen LogP contribution in [0.15, 0.2) is 18.2 Å². The van der Waals surface area contributed by atoms with Gasteiger partial charge in [0.05, 0.1) is 16.8 Å². The Kier molecular flexibility index (Phi) is 5.28. The molecule has 22 heavy (non-hydrogen) atoms. The van der Waals surface area contributed by atoms with Gasteiger partial charge in [-0.05, 0) is 18.2 Å². The first-order valence-electron chi connectivity index (χ1n) is 5.40. The first-order valence-corrected chi connectivity index (χ1v) is 5.94. The van der Waals surface area contributed by atoms with Crippen molar-refractivity contribution < 1.29 is 35.9 Å². The minimum Gasteiger partial charge on any atom is -0.307 e. The zero-order valence-electron chi connectivity index (χ0n) is 10.4. The number of imide groups is 1. The van der Waals surface area contributed by atoms with Crippen LogP contribution in [-0.4, -0.2) is 17.8 Å². The van der Waals surface area contributed by atoms with Crippen LogP contribution in [0.5, 0.6) is 0 Å². The number of hydrogen-bond acceptors (Lipinski definition) is 2. The van der Waals surface area contributed by atoms with Crippen LogP contribution in [0.25, 0.3) is 0 Å². The Hall–Kier alpha value is -1.97. The second-order valence-corrected chi connectivity index (χ2v) is 4.16. The molecule has 122 valence electrons. The molecule has 1 aromatic carbocycles. The number of amides is 3. The van der Waals surface area contributed by atoms with Crippen molar-refractivity contribution >= 4 is 29.2 Å². The first-order chi connectivity index (χ1) is 9.95. The van der Waals surface area contributed by atoms with Crippen molar-refractivity contribution in [3.8, 4) is 0 Å². The monoisotopic (exact) mass is 348 g/mol. The van der Waals surface area contributed by atoms with Crippen molar-refractivity contribution in [2.45, 2.75) is 12.4 Å². The Morgan fingerprint density at radius 2 is 1.64 bits per heavy atom. The lowest BCUT2D eigenvalue weighted by molar-refractivity contribution is -0.142. The van der Waals surface area contributed by atoms with Gasteiger partial charge >= 0.3 is 18.4 Å². The molecule has 2 N–H and O–H groups in total. The average Bonchev–Trinajstić information content (AvgIpc) is 2.36. The van der Waals surface area contributed by atoms with Gasteiger partial charge in [0.1, 0.15) is 5.88 Å². The first kappa shape index (κ1) is 18.1. The van der Waals surface area contributed by atoms with E-state index in [0.29, 0.717) is 12.1 Å². The van der Waals surface area contributed by atoms with Gasteiger partial charge in [0, 0.05) is 0 Å². The van der Waals surface area contributed by atoms with Gasteiger partial charge in [0.2, 0.25) is 5.91 Å². The molecule has 0 atom stereocenters. The summed E-state index contributed by atoms with van der Waals surface area (Å²) in [6.45, 7) is 0. The predicted octanol–water partition coefficient (Wildman–Crippen LogP) is 3.61. The van der Waals surface area contributed by atoms with Gasteiger partial charge in [-0.1, -0.05) is 0 Å². The normalized spacial score (nSPS) is 12.0. The van der Waals surface area contributed by atoms with E-state index in [0.717, 1.165) is 0 Å². The number of carbonyl (C=O) groups is 2. The van der Waals surface area contributed by atoms with Crippen LogP contribution in [0.1, 0.15) is 11.1 Å². The van der Waals surface area contributed by atoms with E-state index in [2.05, 4.69) is 0 Å². The number of rotatable bonds is 2. The highest BCUT2D eigenvalue weighted by molar-refractivity contribution is 6.28. The van der Waals surface area contributed by atoms with Gasteiger partial charge in [-0.2, -0.15) is 26.3 Å². The second kappa shape index (κ2) is 6.42. The van der Waals surface area contributed by atoms with Crippen molar-refractivity contribution in [3.05, 3.63) is 29.3 Å². The highest BCUT2D eigenvalue weighted by Crippen LogP contribution is 2.39. The number of anilines is 1. The Labute approximate surface area is 124 Å². The number of halogens is 7. The maximum atomic E-state index is 12.8. The molecule has 1 rings (SSSR count). The molecule has 0 unspecified atom stereocenters. The van der Waals surface area contributed by atoms with E-state index >= 15 is 0 Å². The molecule has 11 heteroatoms. The van der Waals surface area contributed by atoms with Gasteiger partial charge in [-0.15, -0.1) is 11.6 Å². The molecule has 0 aliphatic heterocycles. The fourth-order valence-electron chi connectivity index (χ4n) is 1.38. The molecule has 0 radical (unpaired) electrons. The van der Waals surface area contributed by atoms with Gasteiger partial charge in [0.25, 0.3) is 0 Å². The Balaban J connectivity index is 3.14. The molecule has 0 fully saturated rings. The molecule has 0 aliphatic rings. The lowest BCUT2D eigenvalue weighted by atomic mass is 10.1. The van der Waals surface area contributed by atoms with E-state index in [9.17, 15) is 35.9 Å². The standard InChI is InChI=1S/C11H7ClF6N2O2/c12-4-8(21)20-9(22)19-7-2-1-5(10(13,14)15)3-6(7)11(16,17)18/h1-3H,4H2,(H2,19,20,21,22). The van der Waals surface area contributed by atoms with Crippen LogP contribution in [0, 0.1) is 0 Å². The maximum Gasteiger partial charge on any atom is 0.418 e. The van der Waals surface area contributed by atoms with E-state index in [-0.39, 0.29) is 6.07 Å². The number of alkyl halides is 7. The number of benzene rings is 1. The highest BCUT2D eigenvalue weighted by Gasteiger charge is 2.38. The van der Waals surface area contributed by atoms with Crippen LogP contribution < -0.4 is 10.6 Å². The summed E-state index contributed by atoms with van der Waals surface area (Å²) < 4.78 is 75.6. The van der Waals surface area contributed by atoms with Crippen LogP contribution >= 0.6 is 11.6 Å². The number of nitrogens with one attached hydrogen (secondary N) is 2. The SMILES string of the molecule is O=C(CCl)NC(=O)Nc1ccc(C(F)(F)F)cc1C(F)(F)F. The third-order valence-electron chi connectivity index (χ3n) is 2.27. The third kappa shape index (κ3) is 4.79. The lowest BCUT2D eigenvalue weighted by Gasteiger charge is -2.16. The molecule has 0 aliphatic carbocycles. The van der Waals surface area contributed by atoms with Crippen molar-refractivity contribution in [1.82, 2.24) is 5.32 Å². The molecular weight excluding hydrogens is 342 g/mol. The summed E-state index contributed by atoms with van der Waals surface area (Å²) in [5, 5.41) is 3.24. The Bertz CT molecular complexity index is 585. The molecule has 0 heterocycles. The summed E-state index contributed by atoms with van der Waals surface area (Å²) in [5.41, 5.74) is -4.15. The van der Waals surface area contributed by atoms with Crippen molar-refractivity contribution in [1.29, 1.82) is 0 Å². The number of urea groups is 1. The van der Waals surface area contributed by atoms with Crippen molar-refractivity contribution in [2.24, 2.45) is 0 Å². The largest absolute Gasteiger partial charge is 0.418 e. The molecule has 0 bridgehead atoms. The van der Waals surface area contributed by atoms with E-state index in [1.54, 1.807) is 10.6 Å². The van der Waals surface area contributed by atoms with Crippen LogP contribution in [0.4, 0.5) is 36.8 Å². The summed E-state index contributed by atoms with van der Waals surface area (Å²) in [5.74, 6) is -1.60. The van der Waals surface area contributed by atoms with E-state index in [1.807, 2.05) is 0 Å². The zero-order valence-corrected chi connectivity index (χ0v) is 11.2. The third-order valence-corrected chi connectivity index (χ3v) is 2.52. The summed E-state index contributed by atoms with van der Waals surface area (Å²) in [7, 11) is 0. The van der Waals surface area contributed by atoms with E-state index in [1.165, 1.54) is 0 Å². The topological polar surface area (TPSA) is 58.2 Å². The van der Waals surface area contributed by atoms with E-state index in [4.69, 9.17) is 11.6 Å². The smallest absolute Gasteiger partial charge is 0.307 e. The quantitative estimate of drug-likeness (QED) is 0.633. The fraction of sp³-hybridized carbons (Fsp3) is 0.273. The summed E-state index contributed by atoms with van der Waals surface area (Å²) in [6.07, 6.45) is -10.1. The van der Waals surface area contributed by atoms with Crippen molar-refractivity contribution in [2.75, 3.05) is 11.2 Å². The van der Waals surface area contributed by atoms with Crippen molar-refractivity contribution in [3.63, 3.8) is 0 Å². The molecule has 1 aromatic rings. The van der Waals surface area contributed by atoms with Crippen LogP contribution in [0.2, 0.25) is 0 Å². The van der Waals surface area contributed by atoms with Gasteiger partial charge in [-0.25, -0.2) is 4.79 Å². The Morgan fingerprint density at radius 1 is 1.05 bits per heavy atom. The number of carbonyl (C=O) groups excluding carboxylic acids is 2. The van der Waals surface area contributed by atoms with Gasteiger partial charge in [-0.3, -0.25) is 10.1 Å². The molecule has 0 spiro atoms. The summed E-state index contributed by atoms with van der Waals surface area (Å²) in [6, 6.07) is -0.681. The van der Waals surface area contributed by atoms with Gasteiger partial charge in [0.15, 0.2) is 0 Å². The summed E-state index contributed by atoms with van der Waals surface area (Å²) >= 11 is 5.08.